The third kappa shape index (κ3) is 2.44. The van der Waals surface area contributed by atoms with E-state index in [1.807, 2.05) is 24.3 Å². The first kappa shape index (κ1) is 14.5. The standard InChI is InChI=1S/C15H18N2O3S/c1-17(13-9-16-10-14(13)18)21(19,20)15-8-4-6-11-5-2-3-7-12(11)15/h2-8,13-14,16,18H,9-10H2,1H3/t13-,14-/m0/s1. The molecule has 2 atom stereocenters. The van der Waals surface area contributed by atoms with E-state index in [2.05, 4.69) is 5.32 Å². The smallest absolute Gasteiger partial charge is 0.243 e. The molecule has 3 rings (SSSR count). The fraction of sp³-hybridized carbons (Fsp3) is 0.333. The number of hydrogen-bond acceptors (Lipinski definition) is 4. The van der Waals surface area contributed by atoms with Gasteiger partial charge < -0.3 is 10.4 Å². The second-order valence-corrected chi connectivity index (χ2v) is 7.26. The largest absolute Gasteiger partial charge is 0.390 e. The van der Waals surface area contributed by atoms with Gasteiger partial charge in [0.2, 0.25) is 10.0 Å². The average molecular weight is 306 g/mol. The van der Waals surface area contributed by atoms with E-state index in [1.54, 1.807) is 18.2 Å². The van der Waals surface area contributed by atoms with Gasteiger partial charge in [-0.25, -0.2) is 8.42 Å². The molecule has 0 unspecified atom stereocenters. The molecular formula is C15H18N2O3S. The van der Waals surface area contributed by atoms with Gasteiger partial charge >= 0.3 is 0 Å². The van der Waals surface area contributed by atoms with Gasteiger partial charge in [0.1, 0.15) is 0 Å². The van der Waals surface area contributed by atoms with E-state index in [0.29, 0.717) is 18.5 Å². The fourth-order valence-electron chi connectivity index (χ4n) is 2.78. The Morgan fingerprint density at radius 1 is 1.14 bits per heavy atom. The van der Waals surface area contributed by atoms with Gasteiger partial charge in [-0.05, 0) is 11.5 Å². The summed E-state index contributed by atoms with van der Waals surface area (Å²) in [5.41, 5.74) is 0. The van der Waals surface area contributed by atoms with Crippen LogP contribution in [0.1, 0.15) is 0 Å². The van der Waals surface area contributed by atoms with Crippen molar-refractivity contribution in [2.75, 3.05) is 20.1 Å². The maximum absolute atomic E-state index is 12.9. The van der Waals surface area contributed by atoms with E-state index in [-0.39, 0.29) is 4.90 Å². The van der Waals surface area contributed by atoms with Gasteiger partial charge in [0.25, 0.3) is 0 Å². The highest BCUT2D eigenvalue weighted by atomic mass is 32.2. The first-order valence-corrected chi connectivity index (χ1v) is 8.30. The second-order valence-electron chi connectivity index (χ2n) is 5.29. The van der Waals surface area contributed by atoms with Crippen molar-refractivity contribution in [3.63, 3.8) is 0 Å². The molecule has 0 amide bonds. The molecule has 1 saturated heterocycles. The summed E-state index contributed by atoms with van der Waals surface area (Å²) in [6, 6.07) is 12.2. The molecule has 0 radical (unpaired) electrons. The monoisotopic (exact) mass is 306 g/mol. The minimum absolute atomic E-state index is 0.280. The summed E-state index contributed by atoms with van der Waals surface area (Å²) in [4.78, 5) is 0.280. The summed E-state index contributed by atoms with van der Waals surface area (Å²) in [5.74, 6) is 0. The highest BCUT2D eigenvalue weighted by molar-refractivity contribution is 7.89. The van der Waals surface area contributed by atoms with Crippen LogP contribution in [0.2, 0.25) is 0 Å². The van der Waals surface area contributed by atoms with E-state index in [0.717, 1.165) is 5.39 Å². The van der Waals surface area contributed by atoms with Crippen LogP contribution in [0.25, 0.3) is 10.8 Å². The van der Waals surface area contributed by atoms with Gasteiger partial charge in [0, 0.05) is 25.5 Å². The molecule has 0 saturated carbocycles. The molecule has 5 nitrogen and oxygen atoms in total. The van der Waals surface area contributed by atoms with Gasteiger partial charge in [0.05, 0.1) is 17.0 Å². The van der Waals surface area contributed by atoms with Crippen LogP contribution in [-0.4, -0.2) is 50.1 Å². The summed E-state index contributed by atoms with van der Waals surface area (Å²) in [7, 11) is -2.12. The molecule has 2 aromatic rings. The van der Waals surface area contributed by atoms with Crippen molar-refractivity contribution < 1.29 is 13.5 Å². The lowest BCUT2D eigenvalue weighted by atomic mass is 10.1. The predicted octanol–water partition coefficient (Wildman–Crippen LogP) is 0.793. The van der Waals surface area contributed by atoms with Crippen molar-refractivity contribution in [3.8, 4) is 0 Å². The molecule has 112 valence electrons. The molecule has 0 aromatic heterocycles. The number of aliphatic hydroxyl groups is 1. The Labute approximate surface area is 124 Å². The molecule has 21 heavy (non-hydrogen) atoms. The SMILES string of the molecule is CN([C@H]1CNC[C@@H]1O)S(=O)(=O)c1cccc2ccccc12. The highest BCUT2D eigenvalue weighted by Gasteiger charge is 2.36. The Kier molecular flexibility index (Phi) is 3.71. The summed E-state index contributed by atoms with van der Waals surface area (Å²) in [6.07, 6.45) is -0.681. The topological polar surface area (TPSA) is 69.6 Å². The maximum Gasteiger partial charge on any atom is 0.243 e. The number of β-amino-alcohol motifs (C(OH)–C–C–N with tert-alkyl or cyclic N) is 1. The molecule has 2 aromatic carbocycles. The van der Waals surface area contributed by atoms with Gasteiger partial charge in [-0.1, -0.05) is 36.4 Å². The van der Waals surface area contributed by atoms with Crippen LogP contribution >= 0.6 is 0 Å². The van der Waals surface area contributed by atoms with Gasteiger partial charge in [-0.15, -0.1) is 0 Å². The van der Waals surface area contributed by atoms with Crippen molar-refractivity contribution in [2.24, 2.45) is 0 Å². The van der Waals surface area contributed by atoms with Gasteiger partial charge in [-0.3, -0.25) is 0 Å². The van der Waals surface area contributed by atoms with Crippen molar-refractivity contribution in [1.82, 2.24) is 9.62 Å². The quantitative estimate of drug-likeness (QED) is 0.880. The van der Waals surface area contributed by atoms with Crippen LogP contribution in [0.15, 0.2) is 47.4 Å². The van der Waals surface area contributed by atoms with Gasteiger partial charge in [0.15, 0.2) is 0 Å². The average Bonchev–Trinajstić information content (AvgIpc) is 2.91. The minimum atomic E-state index is -3.65. The molecule has 1 fully saturated rings. The molecule has 1 heterocycles. The first-order chi connectivity index (χ1) is 10.0. The van der Waals surface area contributed by atoms with E-state index in [4.69, 9.17) is 0 Å². The molecule has 0 bridgehead atoms. The molecule has 0 aliphatic carbocycles. The normalized spacial score (nSPS) is 23.0. The summed E-state index contributed by atoms with van der Waals surface area (Å²) in [6.45, 7) is 0.877. The van der Waals surface area contributed by atoms with Crippen molar-refractivity contribution in [2.45, 2.75) is 17.0 Å². The number of likely N-dealkylation sites (N-methyl/N-ethyl adjacent to an activating group) is 1. The number of benzene rings is 2. The Hall–Kier alpha value is -1.47. The number of sulfonamides is 1. The van der Waals surface area contributed by atoms with Crippen LogP contribution in [-0.2, 0) is 10.0 Å². The lowest BCUT2D eigenvalue weighted by Gasteiger charge is -2.26. The van der Waals surface area contributed by atoms with Crippen LogP contribution in [0, 0.1) is 0 Å². The zero-order valence-electron chi connectivity index (χ0n) is 11.7. The molecular weight excluding hydrogens is 288 g/mol. The zero-order valence-corrected chi connectivity index (χ0v) is 12.5. The number of nitrogens with zero attached hydrogens (tertiary/aromatic N) is 1. The molecule has 1 aliphatic heterocycles. The van der Waals surface area contributed by atoms with E-state index in [9.17, 15) is 13.5 Å². The summed E-state index contributed by atoms with van der Waals surface area (Å²) < 4.78 is 27.0. The van der Waals surface area contributed by atoms with Gasteiger partial charge in [-0.2, -0.15) is 4.31 Å². The van der Waals surface area contributed by atoms with Crippen LogP contribution in [0.4, 0.5) is 0 Å². The van der Waals surface area contributed by atoms with E-state index < -0.39 is 22.2 Å². The lowest BCUT2D eigenvalue weighted by molar-refractivity contribution is 0.136. The van der Waals surface area contributed by atoms with Crippen LogP contribution in [0.3, 0.4) is 0 Å². The fourth-order valence-corrected chi connectivity index (χ4v) is 4.37. The second kappa shape index (κ2) is 5.38. The molecule has 2 N–H and O–H groups in total. The lowest BCUT2D eigenvalue weighted by Crippen LogP contribution is -2.44. The predicted molar refractivity (Wildman–Crippen MR) is 81.6 cm³/mol. The van der Waals surface area contributed by atoms with Crippen LogP contribution in [0.5, 0.6) is 0 Å². The Morgan fingerprint density at radius 3 is 2.57 bits per heavy atom. The Bertz CT molecular complexity index is 755. The Balaban J connectivity index is 2.08. The number of rotatable bonds is 3. The molecule has 0 spiro atoms. The number of fused-ring (bicyclic) bond motifs is 1. The molecule has 1 aliphatic rings. The zero-order chi connectivity index (χ0) is 15.0. The number of aliphatic hydroxyl groups excluding tert-OH is 1. The summed E-state index contributed by atoms with van der Waals surface area (Å²) in [5, 5.41) is 14.5. The minimum Gasteiger partial charge on any atom is -0.390 e. The van der Waals surface area contributed by atoms with Crippen molar-refractivity contribution in [1.29, 1.82) is 0 Å². The number of nitrogens with one attached hydrogen (secondary N) is 1. The van der Waals surface area contributed by atoms with Crippen molar-refractivity contribution in [3.05, 3.63) is 42.5 Å². The first-order valence-electron chi connectivity index (χ1n) is 6.86. The maximum atomic E-state index is 12.9. The van der Waals surface area contributed by atoms with E-state index >= 15 is 0 Å². The Morgan fingerprint density at radius 2 is 1.86 bits per heavy atom. The van der Waals surface area contributed by atoms with E-state index in [1.165, 1.54) is 11.4 Å². The highest BCUT2D eigenvalue weighted by Crippen LogP contribution is 2.27. The van der Waals surface area contributed by atoms with Crippen LogP contribution < -0.4 is 5.32 Å². The third-order valence-electron chi connectivity index (χ3n) is 4.02. The third-order valence-corrected chi connectivity index (χ3v) is 5.97. The summed E-state index contributed by atoms with van der Waals surface area (Å²) >= 11 is 0. The molecule has 6 heteroatoms. The van der Waals surface area contributed by atoms with Crippen molar-refractivity contribution >= 4 is 20.8 Å². The number of hydrogen-bond donors (Lipinski definition) is 2.